The summed E-state index contributed by atoms with van der Waals surface area (Å²) in [5, 5.41) is 0.517. The average Bonchev–Trinajstić information content (AvgIpc) is 2.12. The second-order valence-electron chi connectivity index (χ2n) is 6.28. The number of halogens is 1. The van der Waals surface area contributed by atoms with Crippen molar-refractivity contribution >= 4 is 19.7 Å². The molecule has 0 amide bonds. The first-order valence-corrected chi connectivity index (χ1v) is 9.67. The molecule has 3 heteroatoms. The van der Waals surface area contributed by atoms with E-state index in [0.717, 1.165) is 11.3 Å². The summed E-state index contributed by atoms with van der Waals surface area (Å²) in [7, 11) is -1.36. The Morgan fingerprint density at radius 3 is 2.18 bits per heavy atom. The van der Waals surface area contributed by atoms with Crippen molar-refractivity contribution in [1.29, 1.82) is 0 Å². The zero-order valence-electron chi connectivity index (χ0n) is 11.5. The zero-order chi connectivity index (χ0) is 13.3. The van der Waals surface area contributed by atoms with Crippen molar-refractivity contribution in [2.45, 2.75) is 45.8 Å². The van der Waals surface area contributed by atoms with E-state index in [2.05, 4.69) is 56.9 Å². The predicted molar refractivity (Wildman–Crippen MR) is 78.2 cm³/mol. The number of hydrogen-bond donors (Lipinski definition) is 0. The van der Waals surface area contributed by atoms with Crippen LogP contribution in [0.3, 0.4) is 0 Å². The van der Waals surface area contributed by atoms with Crippen LogP contribution in [0.4, 0.5) is 0 Å². The van der Waals surface area contributed by atoms with E-state index in [1.165, 1.54) is 0 Å². The molecule has 0 radical (unpaired) electrons. The molecule has 0 aliphatic carbocycles. The largest absolute Gasteiger partial charge is 0.239 e. The highest BCUT2D eigenvalue weighted by Crippen LogP contribution is 2.23. The third-order valence-electron chi connectivity index (χ3n) is 2.19. The van der Waals surface area contributed by atoms with Gasteiger partial charge in [-0.15, -0.1) is 5.54 Å². The fraction of sp³-hybridized carbons (Fsp3) is 0.500. The standard InChI is InChI=1S/C14H20ClNSi/c1-14(2,3)12-8-7-11(13(15)16-12)9-10-17(4,5)6/h7-8H,1-6H3. The van der Waals surface area contributed by atoms with Crippen molar-refractivity contribution in [3.63, 3.8) is 0 Å². The first kappa shape index (κ1) is 14.3. The van der Waals surface area contributed by atoms with Crippen molar-refractivity contribution in [2.24, 2.45) is 0 Å². The van der Waals surface area contributed by atoms with Gasteiger partial charge in [0.25, 0.3) is 0 Å². The molecular weight excluding hydrogens is 246 g/mol. The summed E-state index contributed by atoms with van der Waals surface area (Å²) in [6.07, 6.45) is 0. The molecule has 17 heavy (non-hydrogen) atoms. The number of rotatable bonds is 0. The summed E-state index contributed by atoms with van der Waals surface area (Å²) < 4.78 is 0. The van der Waals surface area contributed by atoms with E-state index in [4.69, 9.17) is 11.6 Å². The van der Waals surface area contributed by atoms with Crippen molar-refractivity contribution in [1.82, 2.24) is 4.98 Å². The van der Waals surface area contributed by atoms with Crippen molar-refractivity contribution in [3.05, 3.63) is 28.5 Å². The summed E-state index contributed by atoms with van der Waals surface area (Å²) in [4.78, 5) is 4.42. The van der Waals surface area contributed by atoms with Gasteiger partial charge >= 0.3 is 0 Å². The maximum Gasteiger partial charge on any atom is 0.144 e. The van der Waals surface area contributed by atoms with Gasteiger partial charge in [-0.05, 0) is 12.1 Å². The maximum atomic E-state index is 6.17. The van der Waals surface area contributed by atoms with Gasteiger partial charge in [-0.2, -0.15) is 0 Å². The van der Waals surface area contributed by atoms with Crippen LogP contribution in [0.1, 0.15) is 32.0 Å². The summed E-state index contributed by atoms with van der Waals surface area (Å²) in [5.41, 5.74) is 5.16. The lowest BCUT2D eigenvalue weighted by Gasteiger charge is -2.17. The van der Waals surface area contributed by atoms with E-state index in [9.17, 15) is 0 Å². The van der Waals surface area contributed by atoms with Crippen LogP contribution in [-0.4, -0.2) is 13.1 Å². The van der Waals surface area contributed by atoms with Gasteiger partial charge in [0.05, 0.1) is 5.56 Å². The van der Waals surface area contributed by atoms with Gasteiger partial charge in [0.1, 0.15) is 13.2 Å². The fourth-order valence-electron chi connectivity index (χ4n) is 1.20. The van der Waals surface area contributed by atoms with Crippen LogP contribution in [0, 0.1) is 11.5 Å². The molecule has 1 rings (SSSR count). The molecule has 0 N–H and O–H groups in total. The van der Waals surface area contributed by atoms with Gasteiger partial charge in [0, 0.05) is 11.1 Å². The molecule has 0 aliphatic rings. The van der Waals surface area contributed by atoms with Gasteiger partial charge in [0.2, 0.25) is 0 Å². The minimum absolute atomic E-state index is 0.0222. The quantitative estimate of drug-likeness (QED) is 0.388. The normalized spacial score (nSPS) is 11.9. The minimum Gasteiger partial charge on any atom is -0.239 e. The van der Waals surface area contributed by atoms with Gasteiger partial charge in [-0.1, -0.05) is 57.9 Å². The molecule has 0 fully saturated rings. The highest BCUT2D eigenvalue weighted by atomic mass is 35.5. The fourth-order valence-corrected chi connectivity index (χ4v) is 1.91. The minimum atomic E-state index is -1.36. The van der Waals surface area contributed by atoms with E-state index in [1.54, 1.807) is 0 Å². The molecule has 1 aromatic rings. The number of aromatic nitrogens is 1. The van der Waals surface area contributed by atoms with E-state index >= 15 is 0 Å². The smallest absolute Gasteiger partial charge is 0.144 e. The lowest BCUT2D eigenvalue weighted by molar-refractivity contribution is 0.569. The Morgan fingerprint density at radius 1 is 1.18 bits per heavy atom. The SMILES string of the molecule is CC(C)(C)c1ccc(C#C[Si](C)(C)C)c(Cl)n1. The van der Waals surface area contributed by atoms with E-state index < -0.39 is 8.07 Å². The molecule has 0 spiro atoms. The molecule has 1 aromatic heterocycles. The molecule has 1 heterocycles. The van der Waals surface area contributed by atoms with Crippen LogP contribution >= 0.6 is 11.6 Å². The lowest BCUT2D eigenvalue weighted by atomic mass is 9.91. The first-order valence-electron chi connectivity index (χ1n) is 5.80. The second kappa shape index (κ2) is 4.84. The first-order chi connectivity index (χ1) is 7.59. The predicted octanol–water partition coefficient (Wildman–Crippen LogP) is 4.26. The summed E-state index contributed by atoms with van der Waals surface area (Å²) in [6.45, 7) is 13.0. The Hall–Kier alpha value is -0.783. The molecule has 0 aromatic carbocycles. The monoisotopic (exact) mass is 265 g/mol. The Morgan fingerprint density at radius 2 is 1.76 bits per heavy atom. The van der Waals surface area contributed by atoms with Gasteiger partial charge in [-0.25, -0.2) is 4.98 Å². The topological polar surface area (TPSA) is 12.9 Å². The van der Waals surface area contributed by atoms with Crippen LogP contribution in [0.5, 0.6) is 0 Å². The van der Waals surface area contributed by atoms with Crippen LogP contribution in [0.2, 0.25) is 24.8 Å². The van der Waals surface area contributed by atoms with Crippen molar-refractivity contribution in [2.75, 3.05) is 0 Å². The van der Waals surface area contributed by atoms with Crippen LogP contribution in [-0.2, 0) is 5.41 Å². The van der Waals surface area contributed by atoms with E-state index in [-0.39, 0.29) is 5.41 Å². The highest BCUT2D eigenvalue weighted by molar-refractivity contribution is 6.83. The number of nitrogens with zero attached hydrogens (tertiary/aromatic N) is 1. The Labute approximate surface area is 111 Å². The highest BCUT2D eigenvalue weighted by Gasteiger charge is 2.16. The third kappa shape index (κ3) is 4.53. The third-order valence-corrected chi connectivity index (χ3v) is 3.35. The summed E-state index contributed by atoms with van der Waals surface area (Å²) in [5.74, 6) is 3.15. The molecule has 0 bridgehead atoms. The zero-order valence-corrected chi connectivity index (χ0v) is 13.2. The van der Waals surface area contributed by atoms with Crippen LogP contribution < -0.4 is 0 Å². The molecule has 0 unspecified atom stereocenters. The van der Waals surface area contributed by atoms with E-state index in [1.807, 2.05) is 12.1 Å². The molecule has 0 saturated carbocycles. The van der Waals surface area contributed by atoms with Gasteiger partial charge in [-0.3, -0.25) is 0 Å². The Kier molecular flexibility index (Phi) is 4.06. The van der Waals surface area contributed by atoms with Gasteiger partial charge < -0.3 is 0 Å². The second-order valence-corrected chi connectivity index (χ2v) is 11.4. The Balaban J connectivity index is 3.10. The lowest BCUT2D eigenvalue weighted by Crippen LogP contribution is -2.16. The summed E-state index contributed by atoms with van der Waals surface area (Å²) in [6, 6.07) is 3.99. The van der Waals surface area contributed by atoms with Crippen LogP contribution in [0.15, 0.2) is 12.1 Å². The van der Waals surface area contributed by atoms with Crippen molar-refractivity contribution < 1.29 is 0 Å². The molecule has 92 valence electrons. The van der Waals surface area contributed by atoms with Gasteiger partial charge in [0.15, 0.2) is 0 Å². The number of hydrogen-bond acceptors (Lipinski definition) is 1. The molecule has 0 atom stereocenters. The van der Waals surface area contributed by atoms with E-state index in [0.29, 0.717) is 5.15 Å². The maximum absolute atomic E-state index is 6.17. The molecular formula is C14H20ClNSi. The molecule has 0 saturated heterocycles. The van der Waals surface area contributed by atoms with Crippen LogP contribution in [0.25, 0.3) is 0 Å². The Bertz CT molecular complexity index is 470. The summed E-state index contributed by atoms with van der Waals surface area (Å²) >= 11 is 6.17. The number of pyridine rings is 1. The average molecular weight is 266 g/mol. The molecule has 0 aliphatic heterocycles. The molecule has 1 nitrogen and oxygen atoms in total. The van der Waals surface area contributed by atoms with Crippen molar-refractivity contribution in [3.8, 4) is 11.5 Å².